The second-order valence-corrected chi connectivity index (χ2v) is 7.22. The number of hydrogen-bond donors (Lipinski definition) is 2. The molecule has 31 heavy (non-hydrogen) atoms. The minimum absolute atomic E-state index is 0.0393. The molecule has 4 rings (SSSR count). The monoisotopic (exact) mass is 416 g/mol. The standard InChI is InChI=1S/C25H24N2O4/c28-24-13-10-19-16-20(11-12-22(19)27-24)30-15-14-26-25(29)17-31-23-9-5-4-8-21(23)18-6-2-1-3-7-18/h1-9,11-12,16H,10,13-15,17H2,(H,26,29)(H,27,28). The Morgan fingerprint density at radius 2 is 1.74 bits per heavy atom. The van der Waals surface area contributed by atoms with Gasteiger partial charge in [-0.15, -0.1) is 0 Å². The van der Waals surface area contributed by atoms with E-state index in [0.29, 0.717) is 31.7 Å². The maximum absolute atomic E-state index is 12.2. The molecule has 0 aliphatic carbocycles. The first-order chi connectivity index (χ1) is 15.2. The van der Waals surface area contributed by atoms with Gasteiger partial charge in [-0.05, 0) is 41.8 Å². The molecule has 0 atom stereocenters. The summed E-state index contributed by atoms with van der Waals surface area (Å²) in [5.74, 6) is 1.22. The first-order valence-corrected chi connectivity index (χ1v) is 10.3. The van der Waals surface area contributed by atoms with Crippen molar-refractivity contribution in [1.29, 1.82) is 0 Å². The van der Waals surface area contributed by atoms with E-state index >= 15 is 0 Å². The van der Waals surface area contributed by atoms with Crippen molar-refractivity contribution in [1.82, 2.24) is 5.32 Å². The minimum Gasteiger partial charge on any atom is -0.492 e. The van der Waals surface area contributed by atoms with Crippen LogP contribution in [0.1, 0.15) is 12.0 Å². The van der Waals surface area contributed by atoms with E-state index in [9.17, 15) is 9.59 Å². The number of anilines is 1. The van der Waals surface area contributed by atoms with E-state index in [4.69, 9.17) is 9.47 Å². The fourth-order valence-corrected chi connectivity index (χ4v) is 3.45. The van der Waals surface area contributed by atoms with Crippen LogP contribution in [0, 0.1) is 0 Å². The van der Waals surface area contributed by atoms with Gasteiger partial charge in [-0.1, -0.05) is 48.5 Å². The quantitative estimate of drug-likeness (QED) is 0.548. The number of benzene rings is 3. The van der Waals surface area contributed by atoms with Gasteiger partial charge in [0.15, 0.2) is 6.61 Å². The zero-order valence-electron chi connectivity index (χ0n) is 17.1. The van der Waals surface area contributed by atoms with Crippen molar-refractivity contribution in [3.8, 4) is 22.6 Å². The van der Waals surface area contributed by atoms with E-state index in [-0.39, 0.29) is 18.4 Å². The number of nitrogens with one attached hydrogen (secondary N) is 2. The summed E-state index contributed by atoms with van der Waals surface area (Å²) in [6.07, 6.45) is 1.19. The summed E-state index contributed by atoms with van der Waals surface area (Å²) in [4.78, 5) is 23.6. The zero-order valence-corrected chi connectivity index (χ0v) is 17.1. The van der Waals surface area contributed by atoms with E-state index in [1.165, 1.54) is 0 Å². The Morgan fingerprint density at radius 3 is 2.61 bits per heavy atom. The Bertz CT molecular complexity index is 1070. The van der Waals surface area contributed by atoms with Gasteiger partial charge in [0.1, 0.15) is 18.1 Å². The van der Waals surface area contributed by atoms with Crippen LogP contribution in [0.4, 0.5) is 5.69 Å². The van der Waals surface area contributed by atoms with Gasteiger partial charge in [-0.25, -0.2) is 0 Å². The molecule has 1 aliphatic rings. The molecule has 1 aliphatic heterocycles. The molecular weight excluding hydrogens is 392 g/mol. The average Bonchev–Trinajstić information content (AvgIpc) is 2.81. The normalized spacial score (nSPS) is 12.5. The lowest BCUT2D eigenvalue weighted by molar-refractivity contribution is -0.123. The zero-order chi connectivity index (χ0) is 21.5. The molecule has 3 aromatic carbocycles. The van der Waals surface area contributed by atoms with E-state index in [1.54, 1.807) is 0 Å². The van der Waals surface area contributed by atoms with Crippen molar-refractivity contribution in [3.63, 3.8) is 0 Å². The van der Waals surface area contributed by atoms with Crippen LogP contribution in [0.15, 0.2) is 72.8 Å². The number of amides is 2. The van der Waals surface area contributed by atoms with E-state index in [2.05, 4.69) is 10.6 Å². The van der Waals surface area contributed by atoms with Gasteiger partial charge in [-0.2, -0.15) is 0 Å². The molecule has 0 unspecified atom stereocenters. The lowest BCUT2D eigenvalue weighted by Crippen LogP contribution is -2.32. The molecule has 0 radical (unpaired) electrons. The van der Waals surface area contributed by atoms with Gasteiger partial charge in [0.2, 0.25) is 5.91 Å². The molecule has 6 nitrogen and oxygen atoms in total. The number of aryl methyl sites for hydroxylation is 1. The summed E-state index contributed by atoms with van der Waals surface area (Å²) < 4.78 is 11.5. The molecule has 0 spiro atoms. The van der Waals surface area contributed by atoms with E-state index in [0.717, 1.165) is 28.1 Å². The maximum Gasteiger partial charge on any atom is 0.258 e. The minimum atomic E-state index is -0.209. The largest absolute Gasteiger partial charge is 0.492 e. The molecule has 0 saturated carbocycles. The van der Waals surface area contributed by atoms with Crippen LogP contribution >= 0.6 is 0 Å². The molecule has 2 N–H and O–H groups in total. The predicted octanol–water partition coefficient (Wildman–Crippen LogP) is 3.81. The second kappa shape index (κ2) is 9.80. The Balaban J connectivity index is 1.23. The molecule has 158 valence electrons. The van der Waals surface area contributed by atoms with Crippen LogP contribution in [0.25, 0.3) is 11.1 Å². The molecule has 2 amide bonds. The molecule has 3 aromatic rings. The number of carbonyl (C=O) groups excluding carboxylic acids is 2. The average molecular weight is 416 g/mol. The first-order valence-electron chi connectivity index (χ1n) is 10.3. The smallest absolute Gasteiger partial charge is 0.258 e. The Morgan fingerprint density at radius 1 is 0.935 bits per heavy atom. The Labute approximate surface area is 181 Å². The Kier molecular flexibility index (Phi) is 6.47. The van der Waals surface area contributed by atoms with Crippen LogP contribution in [0.3, 0.4) is 0 Å². The van der Waals surface area contributed by atoms with Crippen LogP contribution < -0.4 is 20.1 Å². The van der Waals surface area contributed by atoms with Crippen molar-refractivity contribution in [2.24, 2.45) is 0 Å². The molecule has 6 heteroatoms. The van der Waals surface area contributed by atoms with Gasteiger partial charge < -0.3 is 20.1 Å². The number of carbonyl (C=O) groups is 2. The highest BCUT2D eigenvalue weighted by molar-refractivity contribution is 5.94. The maximum atomic E-state index is 12.2. The van der Waals surface area contributed by atoms with Crippen LogP contribution in [-0.4, -0.2) is 31.6 Å². The van der Waals surface area contributed by atoms with Crippen molar-refractivity contribution >= 4 is 17.5 Å². The Hall–Kier alpha value is -3.80. The summed E-state index contributed by atoms with van der Waals surface area (Å²) in [6.45, 7) is 0.649. The number of ether oxygens (including phenoxy) is 2. The SMILES string of the molecule is O=C(COc1ccccc1-c1ccccc1)NCCOc1ccc2c(c1)CCC(=O)N2. The van der Waals surface area contributed by atoms with Crippen molar-refractivity contribution in [3.05, 3.63) is 78.4 Å². The molecule has 0 saturated heterocycles. The second-order valence-electron chi connectivity index (χ2n) is 7.22. The fourth-order valence-electron chi connectivity index (χ4n) is 3.45. The number of fused-ring (bicyclic) bond motifs is 1. The van der Waals surface area contributed by atoms with Gasteiger partial charge in [0.05, 0.1) is 6.54 Å². The van der Waals surface area contributed by atoms with Crippen LogP contribution in [-0.2, 0) is 16.0 Å². The topological polar surface area (TPSA) is 76.7 Å². The highest BCUT2D eigenvalue weighted by Crippen LogP contribution is 2.29. The summed E-state index contributed by atoms with van der Waals surface area (Å²) in [7, 11) is 0. The molecular formula is C25H24N2O4. The summed E-state index contributed by atoms with van der Waals surface area (Å²) >= 11 is 0. The molecule has 1 heterocycles. The van der Waals surface area contributed by atoms with E-state index < -0.39 is 0 Å². The van der Waals surface area contributed by atoms with Gasteiger partial charge >= 0.3 is 0 Å². The summed E-state index contributed by atoms with van der Waals surface area (Å²) in [5, 5.41) is 5.65. The van der Waals surface area contributed by atoms with Gasteiger partial charge in [0.25, 0.3) is 5.91 Å². The van der Waals surface area contributed by atoms with Crippen molar-refractivity contribution in [2.45, 2.75) is 12.8 Å². The van der Waals surface area contributed by atoms with Crippen LogP contribution in [0.2, 0.25) is 0 Å². The van der Waals surface area contributed by atoms with Gasteiger partial charge in [0, 0.05) is 17.7 Å². The molecule has 0 bridgehead atoms. The summed E-state index contributed by atoms with van der Waals surface area (Å²) in [5.41, 5.74) is 3.89. The fraction of sp³-hybridized carbons (Fsp3) is 0.200. The van der Waals surface area contributed by atoms with Crippen molar-refractivity contribution in [2.75, 3.05) is 25.1 Å². The third-order valence-corrected chi connectivity index (χ3v) is 5.00. The molecule has 0 fully saturated rings. The number of rotatable bonds is 8. The lowest BCUT2D eigenvalue weighted by Gasteiger charge is -2.17. The summed E-state index contributed by atoms with van der Waals surface area (Å²) in [6, 6.07) is 23.2. The predicted molar refractivity (Wildman–Crippen MR) is 119 cm³/mol. The number of para-hydroxylation sites is 1. The lowest BCUT2D eigenvalue weighted by atomic mass is 10.0. The van der Waals surface area contributed by atoms with Gasteiger partial charge in [-0.3, -0.25) is 9.59 Å². The third kappa shape index (κ3) is 5.42. The van der Waals surface area contributed by atoms with Crippen LogP contribution in [0.5, 0.6) is 11.5 Å². The highest BCUT2D eigenvalue weighted by atomic mass is 16.5. The third-order valence-electron chi connectivity index (χ3n) is 5.00. The molecule has 0 aromatic heterocycles. The first kappa shape index (κ1) is 20.5. The van der Waals surface area contributed by atoms with E-state index in [1.807, 2.05) is 72.8 Å². The number of hydrogen-bond acceptors (Lipinski definition) is 4. The highest BCUT2D eigenvalue weighted by Gasteiger charge is 2.15. The van der Waals surface area contributed by atoms with Crippen molar-refractivity contribution < 1.29 is 19.1 Å².